The minimum absolute atomic E-state index is 0.00689. The van der Waals surface area contributed by atoms with E-state index in [0.29, 0.717) is 23.8 Å². The Hall–Kier alpha value is -1.59. The highest BCUT2D eigenvalue weighted by Gasteiger charge is 2.13. The molecule has 24 heavy (non-hydrogen) atoms. The van der Waals surface area contributed by atoms with Gasteiger partial charge in [-0.05, 0) is 47.7 Å². The maximum atomic E-state index is 10.2. The van der Waals surface area contributed by atoms with Gasteiger partial charge in [-0.3, -0.25) is 0 Å². The number of ether oxygens (including phenoxy) is 1. The number of hydrogen-bond donors (Lipinski definition) is 1. The Labute approximate surface area is 152 Å². The van der Waals surface area contributed by atoms with Crippen LogP contribution in [-0.2, 0) is 0 Å². The number of aromatic hydroxyl groups is 1. The molecule has 0 radical (unpaired) electrons. The minimum Gasteiger partial charge on any atom is -0.507 e. The topological polar surface area (TPSA) is 68.1 Å². The summed E-state index contributed by atoms with van der Waals surface area (Å²) < 4.78 is 5.81. The average Bonchev–Trinajstić information content (AvgIpc) is 2.54. The molecular formula is C17H21Cl2N3O2. The molecule has 2 aromatic rings. The molecule has 2 rings (SSSR count). The van der Waals surface area contributed by atoms with E-state index in [1.54, 1.807) is 18.2 Å². The van der Waals surface area contributed by atoms with Gasteiger partial charge in [0.15, 0.2) is 5.82 Å². The van der Waals surface area contributed by atoms with E-state index in [9.17, 15) is 5.11 Å². The largest absolute Gasteiger partial charge is 0.507 e. The summed E-state index contributed by atoms with van der Waals surface area (Å²) in [4.78, 5) is 11.6. The van der Waals surface area contributed by atoms with Gasteiger partial charge in [-0.15, -0.1) is 0 Å². The van der Waals surface area contributed by atoms with Crippen molar-refractivity contribution < 1.29 is 9.84 Å². The number of halogens is 2. The van der Waals surface area contributed by atoms with E-state index in [2.05, 4.69) is 28.8 Å². The number of unbranched alkanes of at least 4 members (excludes halogenated alkanes) is 1. The van der Waals surface area contributed by atoms with Crippen LogP contribution in [0.3, 0.4) is 0 Å². The molecule has 1 aromatic carbocycles. The molecule has 1 unspecified atom stereocenters. The number of hydrogen-bond acceptors (Lipinski definition) is 5. The molecule has 130 valence electrons. The lowest BCUT2D eigenvalue weighted by atomic mass is 10.0. The van der Waals surface area contributed by atoms with Crippen LogP contribution in [0.1, 0.15) is 39.5 Å². The molecule has 0 aliphatic heterocycles. The predicted molar refractivity (Wildman–Crippen MR) is 95.7 cm³/mol. The van der Waals surface area contributed by atoms with Gasteiger partial charge in [-0.1, -0.05) is 33.1 Å². The van der Waals surface area contributed by atoms with Gasteiger partial charge >= 0.3 is 0 Å². The van der Waals surface area contributed by atoms with Crippen LogP contribution < -0.4 is 4.74 Å². The van der Waals surface area contributed by atoms with Crippen molar-refractivity contribution in [3.8, 4) is 22.9 Å². The highest BCUT2D eigenvalue weighted by atomic mass is 35.5. The van der Waals surface area contributed by atoms with Gasteiger partial charge in [0.25, 0.3) is 0 Å². The molecule has 0 bridgehead atoms. The standard InChI is InChI=1S/C17H21Cl2N3O2/c1-3-5-6-11(4-2)10-24-12-7-8-13(14(23)9-12)15-20-16(18)22-17(19)21-15/h7-9,11,23H,3-6,10H2,1-2H3. The number of nitrogens with zero attached hydrogens (tertiary/aromatic N) is 3. The van der Waals surface area contributed by atoms with Crippen molar-refractivity contribution in [3.63, 3.8) is 0 Å². The lowest BCUT2D eigenvalue weighted by molar-refractivity contribution is 0.232. The summed E-state index contributed by atoms with van der Waals surface area (Å²) in [6.07, 6.45) is 4.61. The lowest BCUT2D eigenvalue weighted by Gasteiger charge is -2.16. The fourth-order valence-electron chi connectivity index (χ4n) is 2.35. The van der Waals surface area contributed by atoms with Crippen LogP contribution in [0.15, 0.2) is 18.2 Å². The van der Waals surface area contributed by atoms with Crippen LogP contribution in [0.4, 0.5) is 0 Å². The van der Waals surface area contributed by atoms with Gasteiger partial charge in [0.2, 0.25) is 10.6 Å². The van der Waals surface area contributed by atoms with E-state index < -0.39 is 0 Å². The quantitative estimate of drug-likeness (QED) is 0.696. The van der Waals surface area contributed by atoms with Crippen LogP contribution in [0.5, 0.6) is 11.5 Å². The van der Waals surface area contributed by atoms with E-state index in [0.717, 1.165) is 12.8 Å². The highest BCUT2D eigenvalue weighted by molar-refractivity contribution is 6.31. The van der Waals surface area contributed by atoms with E-state index in [1.165, 1.54) is 12.8 Å². The normalized spacial score (nSPS) is 12.2. The summed E-state index contributed by atoms with van der Waals surface area (Å²) in [7, 11) is 0. The van der Waals surface area contributed by atoms with Crippen LogP contribution >= 0.6 is 23.2 Å². The number of phenols is 1. The number of rotatable bonds is 8. The summed E-state index contributed by atoms with van der Waals surface area (Å²) >= 11 is 11.5. The molecule has 1 atom stereocenters. The fourth-order valence-corrected chi connectivity index (χ4v) is 2.71. The Kier molecular flexibility index (Phi) is 7.06. The molecule has 0 aliphatic rings. The van der Waals surface area contributed by atoms with E-state index in [1.807, 2.05) is 0 Å². The molecule has 5 nitrogen and oxygen atoms in total. The van der Waals surface area contributed by atoms with Crippen molar-refractivity contribution in [2.45, 2.75) is 39.5 Å². The zero-order valence-electron chi connectivity index (χ0n) is 13.8. The van der Waals surface area contributed by atoms with Gasteiger partial charge < -0.3 is 9.84 Å². The molecule has 0 saturated carbocycles. The van der Waals surface area contributed by atoms with E-state index >= 15 is 0 Å². The minimum atomic E-state index is -0.0218. The average molecular weight is 370 g/mol. The van der Waals surface area contributed by atoms with Gasteiger partial charge in [0.05, 0.1) is 12.2 Å². The molecule has 1 aromatic heterocycles. The number of benzene rings is 1. The van der Waals surface area contributed by atoms with Crippen LogP contribution in [0.2, 0.25) is 10.6 Å². The Bertz CT molecular complexity index is 663. The lowest BCUT2D eigenvalue weighted by Crippen LogP contribution is -2.11. The second kappa shape index (κ2) is 9.04. The first kappa shape index (κ1) is 18.7. The highest BCUT2D eigenvalue weighted by Crippen LogP contribution is 2.31. The molecule has 0 fully saturated rings. The maximum absolute atomic E-state index is 10.2. The SMILES string of the molecule is CCCCC(CC)COc1ccc(-c2nc(Cl)nc(Cl)n2)c(O)c1. The molecule has 0 spiro atoms. The van der Waals surface area contributed by atoms with Gasteiger partial charge in [-0.25, -0.2) is 0 Å². The fraction of sp³-hybridized carbons (Fsp3) is 0.471. The van der Waals surface area contributed by atoms with Crippen molar-refractivity contribution in [3.05, 3.63) is 28.8 Å². The maximum Gasteiger partial charge on any atom is 0.227 e. The van der Waals surface area contributed by atoms with E-state index in [4.69, 9.17) is 27.9 Å². The van der Waals surface area contributed by atoms with Crippen molar-refractivity contribution in [1.82, 2.24) is 15.0 Å². The van der Waals surface area contributed by atoms with Gasteiger partial charge in [0.1, 0.15) is 11.5 Å². The summed E-state index contributed by atoms with van der Waals surface area (Å²) in [6, 6.07) is 5.00. The van der Waals surface area contributed by atoms with Gasteiger partial charge in [-0.2, -0.15) is 15.0 Å². The molecule has 7 heteroatoms. The molecule has 0 saturated heterocycles. The van der Waals surface area contributed by atoms with Crippen molar-refractivity contribution >= 4 is 23.2 Å². The zero-order valence-corrected chi connectivity index (χ0v) is 15.3. The molecular weight excluding hydrogens is 349 g/mol. The van der Waals surface area contributed by atoms with Gasteiger partial charge in [0, 0.05) is 6.07 Å². The molecule has 0 aliphatic carbocycles. The number of aromatic nitrogens is 3. The zero-order chi connectivity index (χ0) is 17.5. The Balaban J connectivity index is 2.09. The van der Waals surface area contributed by atoms with Crippen LogP contribution in [-0.4, -0.2) is 26.7 Å². The molecule has 1 heterocycles. The smallest absolute Gasteiger partial charge is 0.227 e. The van der Waals surface area contributed by atoms with Crippen molar-refractivity contribution in [1.29, 1.82) is 0 Å². The molecule has 1 N–H and O–H groups in total. The third-order valence-corrected chi connectivity index (χ3v) is 4.16. The van der Waals surface area contributed by atoms with Crippen LogP contribution in [0.25, 0.3) is 11.4 Å². The third kappa shape index (κ3) is 5.21. The van der Waals surface area contributed by atoms with Crippen molar-refractivity contribution in [2.75, 3.05) is 6.61 Å². The van der Waals surface area contributed by atoms with Crippen LogP contribution in [0, 0.1) is 5.92 Å². The Morgan fingerprint density at radius 1 is 1.12 bits per heavy atom. The first-order valence-corrected chi connectivity index (χ1v) is 8.82. The summed E-state index contributed by atoms with van der Waals surface area (Å²) in [5.74, 6) is 1.36. The summed E-state index contributed by atoms with van der Waals surface area (Å²) in [5.41, 5.74) is 0.423. The summed E-state index contributed by atoms with van der Waals surface area (Å²) in [5, 5.41) is 10.2. The second-order valence-electron chi connectivity index (χ2n) is 5.60. The first-order valence-electron chi connectivity index (χ1n) is 8.06. The second-order valence-corrected chi connectivity index (χ2v) is 6.28. The van der Waals surface area contributed by atoms with Crippen molar-refractivity contribution in [2.24, 2.45) is 5.92 Å². The predicted octanol–water partition coefficient (Wildman–Crippen LogP) is 5.15. The Morgan fingerprint density at radius 2 is 1.83 bits per heavy atom. The Morgan fingerprint density at radius 3 is 2.42 bits per heavy atom. The third-order valence-electron chi connectivity index (χ3n) is 3.82. The first-order chi connectivity index (χ1) is 11.5. The monoisotopic (exact) mass is 369 g/mol. The number of phenolic OH excluding ortho intramolecular Hbond substituents is 1. The summed E-state index contributed by atoms with van der Waals surface area (Å²) in [6.45, 7) is 4.99. The molecule has 0 amide bonds. The van der Waals surface area contributed by atoms with E-state index in [-0.39, 0.29) is 22.1 Å².